The number of ether oxygens (including phenoxy) is 1. The average Bonchev–Trinajstić information content (AvgIpc) is 2.89. The molecule has 3 aliphatic heterocycles. The van der Waals surface area contributed by atoms with Gasteiger partial charge in [0.1, 0.15) is 0 Å². The molecule has 2 bridgehead atoms. The van der Waals surface area contributed by atoms with Crippen LogP contribution < -0.4 is 5.32 Å². The lowest BCUT2D eigenvalue weighted by atomic mass is 9.97. The van der Waals surface area contributed by atoms with Gasteiger partial charge in [-0.2, -0.15) is 0 Å². The summed E-state index contributed by atoms with van der Waals surface area (Å²) in [7, 11) is 2.31. The molecule has 100 valence electrons. The van der Waals surface area contributed by atoms with Gasteiger partial charge < -0.3 is 15.0 Å². The van der Waals surface area contributed by atoms with E-state index in [1.165, 1.54) is 38.6 Å². The van der Waals surface area contributed by atoms with E-state index < -0.39 is 0 Å². The standard InChI is InChI=1S/C13H24N2O.ClH/c1-15(8-10-4-5-16-9-10)13-6-11-2-3-12(7-13)14-11;/h10-14H,2-9H2,1H3;1H. The van der Waals surface area contributed by atoms with Crippen LogP contribution in [0.1, 0.15) is 32.1 Å². The number of rotatable bonds is 3. The fourth-order valence-corrected chi connectivity index (χ4v) is 3.67. The third-order valence-corrected chi connectivity index (χ3v) is 4.64. The Bertz CT molecular complexity index is 234. The van der Waals surface area contributed by atoms with Crippen LogP contribution in [0.4, 0.5) is 0 Å². The van der Waals surface area contributed by atoms with E-state index in [4.69, 9.17) is 4.74 Å². The lowest BCUT2D eigenvalue weighted by Crippen LogP contribution is -2.48. The number of hydrogen-bond donors (Lipinski definition) is 1. The van der Waals surface area contributed by atoms with Gasteiger partial charge in [-0.05, 0) is 45.1 Å². The summed E-state index contributed by atoms with van der Waals surface area (Å²) in [5.74, 6) is 0.789. The van der Waals surface area contributed by atoms with Crippen molar-refractivity contribution >= 4 is 12.4 Å². The van der Waals surface area contributed by atoms with Gasteiger partial charge in [-0.3, -0.25) is 0 Å². The monoisotopic (exact) mass is 260 g/mol. The smallest absolute Gasteiger partial charge is 0.0507 e. The summed E-state index contributed by atoms with van der Waals surface area (Å²) in [5.41, 5.74) is 0. The van der Waals surface area contributed by atoms with Crippen molar-refractivity contribution < 1.29 is 4.74 Å². The molecule has 0 radical (unpaired) electrons. The third-order valence-electron chi connectivity index (χ3n) is 4.64. The molecule has 3 atom stereocenters. The number of halogens is 1. The fourth-order valence-electron chi connectivity index (χ4n) is 3.67. The Balaban J connectivity index is 0.00000108. The molecule has 0 amide bonds. The lowest BCUT2D eigenvalue weighted by Gasteiger charge is -2.36. The Morgan fingerprint density at radius 3 is 2.47 bits per heavy atom. The molecule has 17 heavy (non-hydrogen) atoms. The zero-order valence-corrected chi connectivity index (χ0v) is 11.5. The minimum absolute atomic E-state index is 0. The largest absolute Gasteiger partial charge is 0.381 e. The van der Waals surface area contributed by atoms with Crippen molar-refractivity contribution in [1.82, 2.24) is 10.2 Å². The molecule has 4 heteroatoms. The number of fused-ring (bicyclic) bond motifs is 2. The molecule has 0 saturated carbocycles. The van der Waals surface area contributed by atoms with E-state index in [0.717, 1.165) is 37.3 Å². The van der Waals surface area contributed by atoms with Crippen molar-refractivity contribution in [3.8, 4) is 0 Å². The van der Waals surface area contributed by atoms with Gasteiger partial charge in [0, 0.05) is 31.3 Å². The van der Waals surface area contributed by atoms with Gasteiger partial charge in [0.25, 0.3) is 0 Å². The predicted octanol–water partition coefficient (Wildman–Crippen LogP) is 1.66. The van der Waals surface area contributed by atoms with Crippen molar-refractivity contribution in [3.05, 3.63) is 0 Å². The molecule has 0 aromatic rings. The second-order valence-electron chi connectivity index (χ2n) is 5.93. The third kappa shape index (κ3) is 3.14. The molecule has 0 aromatic heterocycles. The average molecular weight is 261 g/mol. The Morgan fingerprint density at radius 1 is 1.18 bits per heavy atom. The summed E-state index contributed by atoms with van der Waals surface area (Å²) < 4.78 is 5.46. The first kappa shape index (κ1) is 13.6. The highest BCUT2D eigenvalue weighted by atomic mass is 35.5. The normalized spacial score (nSPS) is 40.6. The maximum Gasteiger partial charge on any atom is 0.0507 e. The maximum absolute atomic E-state index is 5.46. The van der Waals surface area contributed by atoms with Crippen LogP contribution in [0.2, 0.25) is 0 Å². The highest BCUT2D eigenvalue weighted by molar-refractivity contribution is 5.85. The predicted molar refractivity (Wildman–Crippen MR) is 71.8 cm³/mol. The summed E-state index contributed by atoms with van der Waals surface area (Å²) in [6, 6.07) is 2.44. The first-order chi connectivity index (χ1) is 7.81. The van der Waals surface area contributed by atoms with Crippen LogP contribution in [0.3, 0.4) is 0 Å². The minimum atomic E-state index is 0. The van der Waals surface area contributed by atoms with Crippen LogP contribution in [0.15, 0.2) is 0 Å². The van der Waals surface area contributed by atoms with Gasteiger partial charge in [0.2, 0.25) is 0 Å². The molecular formula is C13H25ClN2O. The molecule has 3 nitrogen and oxygen atoms in total. The SMILES string of the molecule is CN(CC1CCOC1)C1CC2CCC(C1)N2.Cl. The molecule has 0 spiro atoms. The topological polar surface area (TPSA) is 24.5 Å². The number of hydrogen-bond acceptors (Lipinski definition) is 3. The molecule has 1 N–H and O–H groups in total. The molecule has 3 unspecified atom stereocenters. The molecule has 3 aliphatic rings. The van der Waals surface area contributed by atoms with Gasteiger partial charge in [0.05, 0.1) is 6.61 Å². The number of nitrogens with zero attached hydrogens (tertiary/aromatic N) is 1. The summed E-state index contributed by atoms with van der Waals surface area (Å²) in [4.78, 5) is 2.60. The molecule has 0 aliphatic carbocycles. The summed E-state index contributed by atoms with van der Waals surface area (Å²) in [6.07, 6.45) is 6.80. The van der Waals surface area contributed by atoms with E-state index in [1.807, 2.05) is 0 Å². The first-order valence-corrected chi connectivity index (χ1v) is 6.85. The second kappa shape index (κ2) is 5.87. The first-order valence-electron chi connectivity index (χ1n) is 6.85. The molecule has 0 aromatic carbocycles. The Kier molecular flexibility index (Phi) is 4.70. The van der Waals surface area contributed by atoms with Crippen molar-refractivity contribution in [3.63, 3.8) is 0 Å². The maximum atomic E-state index is 5.46. The van der Waals surface area contributed by atoms with Crippen LogP contribution in [-0.4, -0.2) is 49.8 Å². The van der Waals surface area contributed by atoms with Crippen LogP contribution in [0, 0.1) is 5.92 Å². The van der Waals surface area contributed by atoms with Crippen LogP contribution in [0.25, 0.3) is 0 Å². The highest BCUT2D eigenvalue weighted by Crippen LogP contribution is 2.29. The van der Waals surface area contributed by atoms with Crippen molar-refractivity contribution in [2.75, 3.05) is 26.8 Å². The zero-order chi connectivity index (χ0) is 11.0. The van der Waals surface area contributed by atoms with Gasteiger partial charge in [-0.1, -0.05) is 0 Å². The lowest BCUT2D eigenvalue weighted by molar-refractivity contribution is 0.135. The van der Waals surface area contributed by atoms with Crippen LogP contribution in [0.5, 0.6) is 0 Å². The highest BCUT2D eigenvalue weighted by Gasteiger charge is 2.35. The van der Waals surface area contributed by atoms with Crippen LogP contribution in [-0.2, 0) is 4.74 Å². The van der Waals surface area contributed by atoms with Gasteiger partial charge in [0.15, 0.2) is 0 Å². The number of nitrogens with one attached hydrogen (secondary N) is 1. The van der Waals surface area contributed by atoms with E-state index in [1.54, 1.807) is 0 Å². The fraction of sp³-hybridized carbons (Fsp3) is 1.00. The Labute approximate surface area is 111 Å². The van der Waals surface area contributed by atoms with Gasteiger partial charge in [-0.25, -0.2) is 0 Å². The second-order valence-corrected chi connectivity index (χ2v) is 5.93. The quantitative estimate of drug-likeness (QED) is 0.835. The van der Waals surface area contributed by atoms with E-state index in [-0.39, 0.29) is 12.4 Å². The van der Waals surface area contributed by atoms with E-state index >= 15 is 0 Å². The van der Waals surface area contributed by atoms with E-state index in [9.17, 15) is 0 Å². The van der Waals surface area contributed by atoms with Crippen molar-refractivity contribution in [2.24, 2.45) is 5.92 Å². The summed E-state index contributed by atoms with van der Waals surface area (Å²) >= 11 is 0. The summed E-state index contributed by atoms with van der Waals surface area (Å²) in [6.45, 7) is 3.21. The molecule has 3 fully saturated rings. The molecule has 3 heterocycles. The van der Waals surface area contributed by atoms with Crippen molar-refractivity contribution in [2.45, 2.75) is 50.2 Å². The van der Waals surface area contributed by atoms with Crippen LogP contribution >= 0.6 is 12.4 Å². The van der Waals surface area contributed by atoms with Gasteiger partial charge in [-0.15, -0.1) is 12.4 Å². The van der Waals surface area contributed by atoms with Crippen molar-refractivity contribution in [1.29, 1.82) is 0 Å². The van der Waals surface area contributed by atoms with Gasteiger partial charge >= 0.3 is 0 Å². The summed E-state index contributed by atoms with van der Waals surface area (Å²) in [5, 5.41) is 3.72. The molecule has 3 rings (SSSR count). The Hall–Kier alpha value is 0.170. The number of piperidine rings is 1. The van der Waals surface area contributed by atoms with E-state index in [0.29, 0.717) is 0 Å². The zero-order valence-electron chi connectivity index (χ0n) is 10.7. The minimum Gasteiger partial charge on any atom is -0.381 e. The molecule has 3 saturated heterocycles. The van der Waals surface area contributed by atoms with E-state index in [2.05, 4.69) is 17.3 Å². The molecular weight excluding hydrogens is 236 g/mol. The Morgan fingerprint density at radius 2 is 1.88 bits per heavy atom.